The van der Waals surface area contributed by atoms with Gasteiger partial charge in [-0.2, -0.15) is 0 Å². The van der Waals surface area contributed by atoms with Gasteiger partial charge in [-0.1, -0.05) is 6.92 Å². The standard InChI is InChI=1S/C20H30O7/c1-7-20(5,6)18(23)27-15-10-8-11-13(17(22)26-14(11)15)12(10)16(21)24-9-25-19(2,3)4/h10-15H,7-9H2,1-6H3. The van der Waals surface area contributed by atoms with Crippen molar-refractivity contribution < 1.29 is 33.3 Å². The molecule has 152 valence electrons. The summed E-state index contributed by atoms with van der Waals surface area (Å²) in [6.45, 7) is 11.0. The molecule has 0 aromatic heterocycles. The highest BCUT2D eigenvalue weighted by atomic mass is 16.7. The molecule has 6 atom stereocenters. The third kappa shape index (κ3) is 3.58. The van der Waals surface area contributed by atoms with Crippen LogP contribution in [0.5, 0.6) is 0 Å². The van der Waals surface area contributed by atoms with Crippen molar-refractivity contribution >= 4 is 17.9 Å². The molecule has 27 heavy (non-hydrogen) atoms. The Labute approximate surface area is 160 Å². The van der Waals surface area contributed by atoms with Gasteiger partial charge in [0, 0.05) is 11.8 Å². The molecule has 3 rings (SSSR count). The van der Waals surface area contributed by atoms with Gasteiger partial charge in [0.15, 0.2) is 6.79 Å². The maximum atomic E-state index is 12.7. The van der Waals surface area contributed by atoms with Crippen LogP contribution < -0.4 is 0 Å². The number of carbonyl (C=O) groups is 3. The van der Waals surface area contributed by atoms with Crippen molar-refractivity contribution in [2.75, 3.05) is 6.79 Å². The molecule has 0 aromatic carbocycles. The Bertz CT molecular complexity index is 633. The molecule has 7 heteroatoms. The Morgan fingerprint density at radius 1 is 1.15 bits per heavy atom. The second-order valence-corrected chi connectivity index (χ2v) is 9.46. The van der Waals surface area contributed by atoms with Crippen LogP contribution in [0.4, 0.5) is 0 Å². The van der Waals surface area contributed by atoms with E-state index in [1.165, 1.54) is 0 Å². The molecule has 1 aliphatic heterocycles. The van der Waals surface area contributed by atoms with E-state index in [1.54, 1.807) is 0 Å². The Balaban J connectivity index is 1.72. The van der Waals surface area contributed by atoms with Gasteiger partial charge in [-0.25, -0.2) is 0 Å². The van der Waals surface area contributed by atoms with Crippen LogP contribution in [0.15, 0.2) is 0 Å². The van der Waals surface area contributed by atoms with Gasteiger partial charge in [0.1, 0.15) is 12.2 Å². The lowest BCUT2D eigenvalue weighted by molar-refractivity contribution is -0.182. The van der Waals surface area contributed by atoms with E-state index in [0.29, 0.717) is 12.8 Å². The number of hydrogen-bond donors (Lipinski definition) is 0. The summed E-state index contributed by atoms with van der Waals surface area (Å²) in [6.07, 6.45) is 0.233. The van der Waals surface area contributed by atoms with E-state index in [-0.39, 0.29) is 30.6 Å². The molecule has 0 aromatic rings. The lowest BCUT2D eigenvalue weighted by Gasteiger charge is -2.32. The Kier molecular flexibility index (Phi) is 5.04. The monoisotopic (exact) mass is 382 g/mol. The van der Waals surface area contributed by atoms with E-state index in [4.69, 9.17) is 18.9 Å². The van der Waals surface area contributed by atoms with Crippen molar-refractivity contribution in [3.05, 3.63) is 0 Å². The smallest absolute Gasteiger partial charge is 0.312 e. The Morgan fingerprint density at radius 2 is 1.81 bits per heavy atom. The summed E-state index contributed by atoms with van der Waals surface area (Å²) in [7, 11) is 0. The van der Waals surface area contributed by atoms with Gasteiger partial charge < -0.3 is 18.9 Å². The van der Waals surface area contributed by atoms with Crippen LogP contribution in [0, 0.1) is 29.1 Å². The van der Waals surface area contributed by atoms with Gasteiger partial charge in [0.05, 0.1) is 22.9 Å². The molecule has 3 fully saturated rings. The Hall–Kier alpha value is -1.63. The molecular weight excluding hydrogens is 352 g/mol. The van der Waals surface area contributed by atoms with Gasteiger partial charge in [-0.15, -0.1) is 0 Å². The van der Waals surface area contributed by atoms with E-state index in [1.807, 2.05) is 41.5 Å². The van der Waals surface area contributed by atoms with E-state index in [0.717, 1.165) is 0 Å². The summed E-state index contributed by atoms with van der Waals surface area (Å²) in [5.74, 6) is -2.69. The van der Waals surface area contributed by atoms with Gasteiger partial charge in [0.25, 0.3) is 0 Å². The molecule has 0 radical (unpaired) electrons. The fourth-order valence-corrected chi connectivity index (χ4v) is 4.26. The van der Waals surface area contributed by atoms with Crippen molar-refractivity contribution in [2.24, 2.45) is 29.1 Å². The summed E-state index contributed by atoms with van der Waals surface area (Å²) >= 11 is 0. The number of ether oxygens (including phenoxy) is 4. The number of carbonyl (C=O) groups excluding carboxylic acids is 3. The molecule has 2 bridgehead atoms. The average molecular weight is 382 g/mol. The zero-order chi connectivity index (χ0) is 20.1. The summed E-state index contributed by atoms with van der Waals surface area (Å²) in [6, 6.07) is 0. The number of esters is 3. The highest BCUT2D eigenvalue weighted by Crippen LogP contribution is 2.59. The van der Waals surface area contributed by atoms with Crippen LogP contribution in [0.25, 0.3) is 0 Å². The Morgan fingerprint density at radius 3 is 2.41 bits per heavy atom. The SMILES string of the molecule is CCC(C)(C)C(=O)OC1C2CC3C1OC(=O)C3C2C(=O)OCOC(C)(C)C. The van der Waals surface area contributed by atoms with Crippen LogP contribution in [0.3, 0.4) is 0 Å². The molecule has 2 aliphatic carbocycles. The molecule has 6 unspecified atom stereocenters. The van der Waals surface area contributed by atoms with Crippen LogP contribution in [0.1, 0.15) is 54.4 Å². The zero-order valence-corrected chi connectivity index (χ0v) is 16.9. The fourth-order valence-electron chi connectivity index (χ4n) is 4.26. The van der Waals surface area contributed by atoms with Crippen molar-refractivity contribution in [3.63, 3.8) is 0 Å². The predicted molar refractivity (Wildman–Crippen MR) is 94.2 cm³/mol. The quantitative estimate of drug-likeness (QED) is 0.396. The predicted octanol–water partition coefficient (Wildman–Crippen LogP) is 2.46. The summed E-state index contributed by atoms with van der Waals surface area (Å²) in [5, 5.41) is 0. The van der Waals surface area contributed by atoms with Crippen molar-refractivity contribution in [1.82, 2.24) is 0 Å². The molecule has 1 saturated heterocycles. The molecule has 0 N–H and O–H groups in total. The van der Waals surface area contributed by atoms with Gasteiger partial charge >= 0.3 is 17.9 Å². The molecule has 3 aliphatic rings. The normalized spacial score (nSPS) is 34.5. The molecule has 0 spiro atoms. The first-order valence-corrected chi connectivity index (χ1v) is 9.68. The lowest BCUT2D eigenvalue weighted by Crippen LogP contribution is -2.45. The van der Waals surface area contributed by atoms with Crippen LogP contribution in [0.2, 0.25) is 0 Å². The third-order valence-electron chi connectivity index (χ3n) is 6.19. The molecule has 7 nitrogen and oxygen atoms in total. The van der Waals surface area contributed by atoms with Crippen LogP contribution in [-0.4, -0.2) is 42.5 Å². The minimum atomic E-state index is -0.646. The van der Waals surface area contributed by atoms with E-state index in [9.17, 15) is 14.4 Å². The summed E-state index contributed by atoms with van der Waals surface area (Å²) in [5.41, 5.74) is -1.06. The van der Waals surface area contributed by atoms with Gasteiger partial charge in [-0.3, -0.25) is 14.4 Å². The minimum Gasteiger partial charge on any atom is -0.458 e. The largest absolute Gasteiger partial charge is 0.458 e. The maximum Gasteiger partial charge on any atom is 0.312 e. The maximum absolute atomic E-state index is 12.7. The first-order chi connectivity index (χ1) is 12.5. The number of rotatable bonds is 6. The number of fused-ring (bicyclic) bond motifs is 1. The van der Waals surface area contributed by atoms with Crippen molar-refractivity contribution in [1.29, 1.82) is 0 Å². The second-order valence-electron chi connectivity index (χ2n) is 9.46. The van der Waals surface area contributed by atoms with E-state index >= 15 is 0 Å². The highest BCUT2D eigenvalue weighted by molar-refractivity contribution is 5.86. The first-order valence-electron chi connectivity index (χ1n) is 9.68. The molecule has 2 saturated carbocycles. The van der Waals surface area contributed by atoms with E-state index < -0.39 is 41.0 Å². The second kappa shape index (κ2) is 6.76. The van der Waals surface area contributed by atoms with Crippen LogP contribution >= 0.6 is 0 Å². The van der Waals surface area contributed by atoms with Gasteiger partial charge in [-0.05, 0) is 47.5 Å². The summed E-state index contributed by atoms with van der Waals surface area (Å²) in [4.78, 5) is 37.6. The first kappa shape index (κ1) is 20.1. The fraction of sp³-hybridized carbons (Fsp3) is 0.850. The molecular formula is C20H30O7. The topological polar surface area (TPSA) is 88.1 Å². The minimum absolute atomic E-state index is 0.0916. The van der Waals surface area contributed by atoms with Crippen molar-refractivity contribution in [3.8, 4) is 0 Å². The molecule has 0 amide bonds. The van der Waals surface area contributed by atoms with E-state index in [2.05, 4.69) is 0 Å². The average Bonchev–Trinajstić information content (AvgIpc) is 3.16. The number of hydrogen-bond acceptors (Lipinski definition) is 7. The highest BCUT2D eigenvalue weighted by Gasteiger charge is 2.70. The van der Waals surface area contributed by atoms with Gasteiger partial charge in [0.2, 0.25) is 0 Å². The molecule has 1 heterocycles. The lowest BCUT2D eigenvalue weighted by atomic mass is 9.78. The van der Waals surface area contributed by atoms with Crippen LogP contribution in [-0.2, 0) is 33.3 Å². The summed E-state index contributed by atoms with van der Waals surface area (Å²) < 4.78 is 22.0. The third-order valence-corrected chi connectivity index (χ3v) is 6.19. The zero-order valence-electron chi connectivity index (χ0n) is 16.9. The van der Waals surface area contributed by atoms with Crippen molar-refractivity contribution in [2.45, 2.75) is 72.2 Å².